The van der Waals surface area contributed by atoms with Crippen molar-refractivity contribution in [3.63, 3.8) is 0 Å². The number of nitrogens with zero attached hydrogens (tertiary/aromatic N) is 3. The minimum atomic E-state index is -0.242. The van der Waals surface area contributed by atoms with Gasteiger partial charge in [0.1, 0.15) is 5.82 Å². The van der Waals surface area contributed by atoms with E-state index in [1.165, 1.54) is 12.1 Å². The molecule has 0 radical (unpaired) electrons. The van der Waals surface area contributed by atoms with Gasteiger partial charge in [-0.3, -0.25) is 9.48 Å². The van der Waals surface area contributed by atoms with Gasteiger partial charge >= 0.3 is 0 Å². The molecular weight excluding hydrogens is 331 g/mol. The summed E-state index contributed by atoms with van der Waals surface area (Å²) in [5.41, 5.74) is 2.85. The summed E-state index contributed by atoms with van der Waals surface area (Å²) in [6.45, 7) is 4.17. The van der Waals surface area contributed by atoms with Gasteiger partial charge < -0.3 is 9.88 Å². The molecule has 1 saturated heterocycles. The Morgan fingerprint density at radius 2 is 2.12 bits per heavy atom. The summed E-state index contributed by atoms with van der Waals surface area (Å²) >= 11 is 0. The van der Waals surface area contributed by atoms with Gasteiger partial charge in [0, 0.05) is 61.0 Å². The number of hydrogen-bond donors (Lipinski definition) is 1. The summed E-state index contributed by atoms with van der Waals surface area (Å²) in [4.78, 5) is 16.4. The summed E-state index contributed by atoms with van der Waals surface area (Å²) in [6.07, 6.45) is 7.83. The average molecular weight is 356 g/mol. The minimum Gasteiger partial charge on any atom is -0.360 e. The number of fused-ring (bicyclic) bond motifs is 1. The zero-order valence-corrected chi connectivity index (χ0v) is 14.2. The molecule has 1 aliphatic rings. The number of piperidine rings is 1. The van der Waals surface area contributed by atoms with Crippen LogP contribution in [0, 0.1) is 11.7 Å². The number of aromatic amines is 1. The quantitative estimate of drug-likeness (QED) is 0.769. The van der Waals surface area contributed by atoms with Crippen molar-refractivity contribution < 1.29 is 9.18 Å². The third-order valence-corrected chi connectivity index (χ3v) is 5.09. The molecule has 138 valence electrons. The molecule has 1 amide bonds. The molecule has 0 aliphatic carbocycles. The summed E-state index contributed by atoms with van der Waals surface area (Å²) in [6, 6.07) is 4.78. The smallest absolute Gasteiger partial charge is 0.219 e. The monoisotopic (exact) mass is 356 g/mol. The van der Waals surface area contributed by atoms with Gasteiger partial charge in [-0.15, -0.1) is 0 Å². The van der Waals surface area contributed by atoms with E-state index in [0.29, 0.717) is 5.92 Å². The lowest BCUT2D eigenvalue weighted by atomic mass is 9.97. The van der Waals surface area contributed by atoms with Gasteiger partial charge in [-0.1, -0.05) is 7.43 Å². The van der Waals surface area contributed by atoms with Gasteiger partial charge in [-0.05, 0) is 37.0 Å². The van der Waals surface area contributed by atoms with Crippen LogP contribution in [0.2, 0.25) is 0 Å². The fraction of sp³-hybridized carbons (Fsp3) is 0.400. The lowest BCUT2D eigenvalue weighted by Gasteiger charge is -2.31. The Morgan fingerprint density at radius 1 is 1.35 bits per heavy atom. The highest BCUT2D eigenvalue weighted by Gasteiger charge is 2.21. The number of halogens is 1. The second-order valence-corrected chi connectivity index (χ2v) is 6.79. The highest BCUT2D eigenvalue weighted by Crippen LogP contribution is 2.29. The van der Waals surface area contributed by atoms with E-state index in [-0.39, 0.29) is 19.2 Å². The number of benzene rings is 1. The molecule has 3 heterocycles. The van der Waals surface area contributed by atoms with Gasteiger partial charge in [0.15, 0.2) is 0 Å². The fourth-order valence-corrected chi connectivity index (χ4v) is 3.63. The van der Waals surface area contributed by atoms with Crippen molar-refractivity contribution in [1.29, 1.82) is 0 Å². The normalized spacial score (nSPS) is 15.2. The van der Waals surface area contributed by atoms with Crippen LogP contribution in [0.15, 0.2) is 36.8 Å². The Morgan fingerprint density at radius 3 is 2.85 bits per heavy atom. The molecule has 1 N–H and O–H groups in total. The molecule has 1 aliphatic heterocycles. The van der Waals surface area contributed by atoms with Crippen LogP contribution in [-0.2, 0) is 11.3 Å². The maximum absolute atomic E-state index is 13.3. The Hall–Kier alpha value is -2.63. The van der Waals surface area contributed by atoms with E-state index in [1.54, 1.807) is 13.0 Å². The van der Waals surface area contributed by atoms with Crippen LogP contribution in [0.3, 0.4) is 0 Å². The van der Waals surface area contributed by atoms with E-state index < -0.39 is 0 Å². The molecule has 0 bridgehead atoms. The zero-order valence-electron chi connectivity index (χ0n) is 14.2. The van der Waals surface area contributed by atoms with Crippen LogP contribution in [0.25, 0.3) is 22.0 Å². The van der Waals surface area contributed by atoms with E-state index in [4.69, 9.17) is 0 Å². The summed E-state index contributed by atoms with van der Waals surface area (Å²) in [7, 11) is 0. The van der Waals surface area contributed by atoms with E-state index in [2.05, 4.69) is 10.1 Å². The predicted molar refractivity (Wildman–Crippen MR) is 101 cm³/mol. The van der Waals surface area contributed by atoms with E-state index in [0.717, 1.165) is 54.5 Å². The third-order valence-electron chi connectivity index (χ3n) is 5.09. The maximum Gasteiger partial charge on any atom is 0.219 e. The van der Waals surface area contributed by atoms with Crippen molar-refractivity contribution in [3.8, 4) is 11.1 Å². The van der Waals surface area contributed by atoms with Gasteiger partial charge in [-0.2, -0.15) is 5.10 Å². The number of amides is 1. The number of nitrogens with one attached hydrogen (secondary N) is 1. The molecule has 26 heavy (non-hydrogen) atoms. The molecule has 3 aromatic rings. The number of carbonyl (C=O) groups excluding carboxylic acids is 1. The Kier molecular flexibility index (Phi) is 5.11. The highest BCUT2D eigenvalue weighted by molar-refractivity contribution is 5.95. The van der Waals surface area contributed by atoms with Gasteiger partial charge in [0.05, 0.1) is 6.20 Å². The second kappa shape index (κ2) is 7.32. The largest absolute Gasteiger partial charge is 0.360 e. The minimum absolute atomic E-state index is 0. The molecule has 4 rings (SSSR count). The van der Waals surface area contributed by atoms with Gasteiger partial charge in [0.2, 0.25) is 5.91 Å². The Bertz CT molecular complexity index is 906. The highest BCUT2D eigenvalue weighted by atomic mass is 19.1. The Labute approximate surface area is 152 Å². The standard InChI is InChI=1S/C19H21FN4O.CH4/c1-13(25)23-6-4-14(5-7-23)11-24-12-15(9-22-24)18-10-21-19-8-16(20)2-3-17(18)19;/h2-3,8-10,12,14,21H,4-7,11H2,1H3;1H4. The molecule has 0 spiro atoms. The molecule has 5 nitrogen and oxygen atoms in total. The van der Waals surface area contributed by atoms with Crippen LogP contribution >= 0.6 is 0 Å². The molecule has 2 aromatic heterocycles. The molecular formula is C20H25FN4O. The zero-order chi connectivity index (χ0) is 17.4. The van der Waals surface area contributed by atoms with Crippen LogP contribution in [-0.4, -0.2) is 38.7 Å². The lowest BCUT2D eigenvalue weighted by Crippen LogP contribution is -2.38. The summed E-state index contributed by atoms with van der Waals surface area (Å²) in [5.74, 6) is 0.463. The molecule has 0 atom stereocenters. The predicted octanol–water partition coefficient (Wildman–Crippen LogP) is 4.07. The first-order chi connectivity index (χ1) is 12.1. The summed E-state index contributed by atoms with van der Waals surface area (Å²) < 4.78 is 15.3. The van der Waals surface area contributed by atoms with Crippen molar-refractivity contribution in [1.82, 2.24) is 19.7 Å². The molecule has 0 saturated carbocycles. The average Bonchev–Trinajstić information content (AvgIpc) is 3.21. The lowest BCUT2D eigenvalue weighted by molar-refractivity contribution is -0.130. The van der Waals surface area contributed by atoms with Gasteiger partial charge in [0.25, 0.3) is 0 Å². The maximum atomic E-state index is 13.3. The molecule has 0 unspecified atom stereocenters. The first kappa shape index (κ1) is 18.2. The van der Waals surface area contributed by atoms with Crippen LogP contribution in [0.1, 0.15) is 27.2 Å². The van der Waals surface area contributed by atoms with E-state index >= 15 is 0 Å². The number of carbonyl (C=O) groups is 1. The topological polar surface area (TPSA) is 53.9 Å². The fourth-order valence-electron chi connectivity index (χ4n) is 3.63. The van der Waals surface area contributed by atoms with Crippen molar-refractivity contribution >= 4 is 16.8 Å². The van der Waals surface area contributed by atoms with Crippen molar-refractivity contribution in [2.75, 3.05) is 13.1 Å². The number of H-pyrrole nitrogens is 1. The first-order valence-corrected chi connectivity index (χ1v) is 8.65. The third kappa shape index (κ3) is 3.49. The van der Waals surface area contributed by atoms with Crippen molar-refractivity contribution in [2.45, 2.75) is 33.7 Å². The second-order valence-electron chi connectivity index (χ2n) is 6.79. The molecule has 6 heteroatoms. The summed E-state index contributed by atoms with van der Waals surface area (Å²) in [5, 5.41) is 5.49. The van der Waals surface area contributed by atoms with E-state index in [1.807, 2.05) is 28.2 Å². The number of rotatable bonds is 3. The SMILES string of the molecule is C.CC(=O)N1CCC(Cn2cc(-c3c[nH]c4cc(F)ccc34)cn2)CC1. The number of hydrogen-bond acceptors (Lipinski definition) is 2. The van der Waals surface area contributed by atoms with Gasteiger partial charge in [-0.25, -0.2) is 4.39 Å². The van der Waals surface area contributed by atoms with Crippen LogP contribution in [0.5, 0.6) is 0 Å². The Balaban J connectivity index is 0.00000196. The first-order valence-electron chi connectivity index (χ1n) is 8.65. The van der Waals surface area contributed by atoms with Crippen LogP contribution < -0.4 is 0 Å². The number of likely N-dealkylation sites (tertiary alicyclic amines) is 1. The number of aromatic nitrogens is 3. The molecule has 1 aromatic carbocycles. The van der Waals surface area contributed by atoms with Crippen molar-refractivity contribution in [3.05, 3.63) is 42.6 Å². The van der Waals surface area contributed by atoms with E-state index in [9.17, 15) is 9.18 Å². The van der Waals surface area contributed by atoms with Crippen LogP contribution in [0.4, 0.5) is 4.39 Å². The van der Waals surface area contributed by atoms with Crippen molar-refractivity contribution in [2.24, 2.45) is 5.92 Å². The molecule has 1 fully saturated rings.